The molecular weight excluding hydrogens is 330 g/mol. The van der Waals surface area contributed by atoms with E-state index in [2.05, 4.69) is 5.32 Å². The zero-order valence-corrected chi connectivity index (χ0v) is 16.1. The number of carbonyl (C=O) groups is 1. The van der Waals surface area contributed by atoms with Crippen molar-refractivity contribution in [3.8, 4) is 17.2 Å². The highest BCUT2D eigenvalue weighted by Gasteiger charge is 2.30. The molecule has 5 heteroatoms. The first-order chi connectivity index (χ1) is 12.4. The molecular formula is C21H27NO4. The maximum Gasteiger partial charge on any atom is 0.230 e. The van der Waals surface area contributed by atoms with Crippen LogP contribution in [0.25, 0.3) is 0 Å². The van der Waals surface area contributed by atoms with Crippen LogP contribution in [0.3, 0.4) is 0 Å². The SMILES string of the molecule is COc1ccccc1CCNC(=O)C(C)(C)c1ccc(OC)c(OC)c1. The summed E-state index contributed by atoms with van der Waals surface area (Å²) in [6.07, 6.45) is 0.706. The van der Waals surface area contributed by atoms with E-state index < -0.39 is 5.41 Å². The predicted molar refractivity (Wildman–Crippen MR) is 102 cm³/mol. The molecule has 0 saturated heterocycles. The molecule has 0 aliphatic heterocycles. The Morgan fingerprint density at radius 3 is 2.23 bits per heavy atom. The molecule has 0 atom stereocenters. The molecule has 0 saturated carbocycles. The summed E-state index contributed by atoms with van der Waals surface area (Å²) in [5.41, 5.74) is 1.24. The average molecular weight is 357 g/mol. The number of methoxy groups -OCH3 is 3. The van der Waals surface area contributed by atoms with E-state index in [0.29, 0.717) is 24.5 Å². The van der Waals surface area contributed by atoms with Crippen LogP contribution < -0.4 is 19.5 Å². The lowest BCUT2D eigenvalue weighted by atomic mass is 9.83. The van der Waals surface area contributed by atoms with Gasteiger partial charge in [0.25, 0.3) is 0 Å². The number of amides is 1. The fraction of sp³-hybridized carbons (Fsp3) is 0.381. The Morgan fingerprint density at radius 2 is 1.58 bits per heavy atom. The first-order valence-electron chi connectivity index (χ1n) is 8.56. The molecule has 1 N–H and O–H groups in total. The Balaban J connectivity index is 2.05. The first kappa shape index (κ1) is 19.6. The molecule has 0 unspecified atom stereocenters. The molecule has 0 spiro atoms. The van der Waals surface area contributed by atoms with Crippen molar-refractivity contribution in [2.45, 2.75) is 25.7 Å². The monoisotopic (exact) mass is 357 g/mol. The third-order valence-electron chi connectivity index (χ3n) is 4.55. The highest BCUT2D eigenvalue weighted by Crippen LogP contribution is 2.33. The lowest BCUT2D eigenvalue weighted by Crippen LogP contribution is -2.40. The normalized spacial score (nSPS) is 11.0. The van der Waals surface area contributed by atoms with E-state index in [1.54, 1.807) is 21.3 Å². The fourth-order valence-corrected chi connectivity index (χ4v) is 2.80. The molecule has 0 fully saturated rings. The van der Waals surface area contributed by atoms with Gasteiger partial charge in [0, 0.05) is 6.54 Å². The van der Waals surface area contributed by atoms with E-state index in [0.717, 1.165) is 16.9 Å². The minimum absolute atomic E-state index is 0.0420. The number of benzene rings is 2. The van der Waals surface area contributed by atoms with E-state index in [1.807, 2.05) is 56.3 Å². The lowest BCUT2D eigenvalue weighted by molar-refractivity contribution is -0.125. The Morgan fingerprint density at radius 1 is 0.923 bits per heavy atom. The number of carbonyl (C=O) groups excluding carboxylic acids is 1. The van der Waals surface area contributed by atoms with Gasteiger partial charge in [0.05, 0.1) is 26.7 Å². The van der Waals surface area contributed by atoms with Crippen molar-refractivity contribution in [3.63, 3.8) is 0 Å². The van der Waals surface area contributed by atoms with Crippen LogP contribution >= 0.6 is 0 Å². The molecule has 0 radical (unpaired) electrons. The molecule has 2 aromatic rings. The van der Waals surface area contributed by atoms with E-state index >= 15 is 0 Å². The third kappa shape index (κ3) is 4.28. The quantitative estimate of drug-likeness (QED) is 0.787. The molecule has 26 heavy (non-hydrogen) atoms. The maximum atomic E-state index is 12.7. The Kier molecular flexibility index (Phi) is 6.50. The fourth-order valence-electron chi connectivity index (χ4n) is 2.80. The summed E-state index contributed by atoms with van der Waals surface area (Å²) in [5.74, 6) is 2.05. The molecule has 0 bridgehead atoms. The van der Waals surface area contributed by atoms with Gasteiger partial charge >= 0.3 is 0 Å². The maximum absolute atomic E-state index is 12.7. The minimum atomic E-state index is -0.694. The van der Waals surface area contributed by atoms with Gasteiger partial charge in [-0.1, -0.05) is 24.3 Å². The molecule has 0 aromatic heterocycles. The van der Waals surface area contributed by atoms with Crippen LogP contribution in [0, 0.1) is 0 Å². The van der Waals surface area contributed by atoms with Gasteiger partial charge in [0.15, 0.2) is 11.5 Å². The number of para-hydroxylation sites is 1. The molecule has 0 aliphatic carbocycles. The average Bonchev–Trinajstić information content (AvgIpc) is 2.67. The van der Waals surface area contributed by atoms with Crippen LogP contribution in [0.5, 0.6) is 17.2 Å². The molecule has 1 amide bonds. The first-order valence-corrected chi connectivity index (χ1v) is 8.56. The summed E-state index contributed by atoms with van der Waals surface area (Å²) >= 11 is 0. The van der Waals surface area contributed by atoms with Crippen molar-refractivity contribution in [2.24, 2.45) is 0 Å². The third-order valence-corrected chi connectivity index (χ3v) is 4.55. The zero-order valence-electron chi connectivity index (χ0n) is 16.1. The van der Waals surface area contributed by atoms with Gasteiger partial charge in [-0.25, -0.2) is 0 Å². The van der Waals surface area contributed by atoms with Crippen molar-refractivity contribution >= 4 is 5.91 Å². The summed E-state index contributed by atoms with van der Waals surface area (Å²) in [5, 5.41) is 3.02. The van der Waals surface area contributed by atoms with Gasteiger partial charge in [-0.05, 0) is 49.6 Å². The Bertz CT molecular complexity index is 755. The molecule has 0 aliphatic rings. The second-order valence-corrected chi connectivity index (χ2v) is 6.51. The number of rotatable bonds is 8. The van der Waals surface area contributed by atoms with Gasteiger partial charge in [-0.2, -0.15) is 0 Å². The van der Waals surface area contributed by atoms with Gasteiger partial charge in [0.2, 0.25) is 5.91 Å². The smallest absolute Gasteiger partial charge is 0.230 e. The standard InChI is InChI=1S/C21H27NO4/c1-21(2,16-10-11-18(25-4)19(14-16)26-5)20(23)22-13-12-15-8-6-7-9-17(15)24-3/h6-11,14H,12-13H2,1-5H3,(H,22,23). The summed E-state index contributed by atoms with van der Waals surface area (Å²) in [6, 6.07) is 13.4. The van der Waals surface area contributed by atoms with Crippen molar-refractivity contribution in [1.29, 1.82) is 0 Å². The van der Waals surface area contributed by atoms with Gasteiger partial charge in [-0.3, -0.25) is 4.79 Å². The molecule has 140 valence electrons. The van der Waals surface area contributed by atoms with Gasteiger partial charge < -0.3 is 19.5 Å². The van der Waals surface area contributed by atoms with Crippen LogP contribution in [-0.4, -0.2) is 33.8 Å². The summed E-state index contributed by atoms with van der Waals surface area (Å²) in [6.45, 7) is 4.33. The van der Waals surface area contributed by atoms with E-state index in [4.69, 9.17) is 14.2 Å². The van der Waals surface area contributed by atoms with Crippen LogP contribution in [0.1, 0.15) is 25.0 Å². The van der Waals surface area contributed by atoms with Crippen LogP contribution in [0.15, 0.2) is 42.5 Å². The van der Waals surface area contributed by atoms with Crippen LogP contribution in [0.2, 0.25) is 0 Å². The van der Waals surface area contributed by atoms with Crippen molar-refractivity contribution in [3.05, 3.63) is 53.6 Å². The van der Waals surface area contributed by atoms with E-state index in [1.165, 1.54) is 0 Å². The zero-order chi connectivity index (χ0) is 19.2. The van der Waals surface area contributed by atoms with Crippen LogP contribution in [0.4, 0.5) is 0 Å². The van der Waals surface area contributed by atoms with Gasteiger partial charge in [-0.15, -0.1) is 0 Å². The second kappa shape index (κ2) is 8.61. The Labute approximate surface area is 155 Å². The van der Waals surface area contributed by atoms with Crippen LogP contribution in [-0.2, 0) is 16.6 Å². The van der Waals surface area contributed by atoms with Crippen molar-refractivity contribution < 1.29 is 19.0 Å². The minimum Gasteiger partial charge on any atom is -0.496 e. The topological polar surface area (TPSA) is 56.8 Å². The molecule has 0 heterocycles. The summed E-state index contributed by atoms with van der Waals surface area (Å²) < 4.78 is 16.0. The molecule has 2 rings (SSSR count). The number of hydrogen-bond donors (Lipinski definition) is 1. The molecule has 2 aromatic carbocycles. The van der Waals surface area contributed by atoms with Crippen molar-refractivity contribution in [1.82, 2.24) is 5.32 Å². The summed E-state index contributed by atoms with van der Waals surface area (Å²) in [4.78, 5) is 12.7. The highest BCUT2D eigenvalue weighted by molar-refractivity contribution is 5.87. The Hall–Kier alpha value is -2.69. The highest BCUT2D eigenvalue weighted by atomic mass is 16.5. The largest absolute Gasteiger partial charge is 0.496 e. The van der Waals surface area contributed by atoms with Crippen molar-refractivity contribution in [2.75, 3.05) is 27.9 Å². The molecule has 5 nitrogen and oxygen atoms in total. The lowest BCUT2D eigenvalue weighted by Gasteiger charge is -2.25. The predicted octanol–water partition coefficient (Wildman–Crippen LogP) is 3.35. The summed E-state index contributed by atoms with van der Waals surface area (Å²) in [7, 11) is 4.83. The number of hydrogen-bond acceptors (Lipinski definition) is 4. The van der Waals surface area contributed by atoms with E-state index in [-0.39, 0.29) is 5.91 Å². The number of ether oxygens (including phenoxy) is 3. The number of nitrogens with one attached hydrogen (secondary N) is 1. The van der Waals surface area contributed by atoms with Gasteiger partial charge in [0.1, 0.15) is 5.75 Å². The second-order valence-electron chi connectivity index (χ2n) is 6.51. The van der Waals surface area contributed by atoms with E-state index in [9.17, 15) is 4.79 Å².